The number of benzene rings is 1. The SMILES string of the molecule is COc1ccccc1C1OCCC1CO. The number of para-hydroxylation sites is 1. The second-order valence-electron chi connectivity index (χ2n) is 3.76. The molecular weight excluding hydrogens is 192 g/mol. The molecule has 0 saturated carbocycles. The molecule has 82 valence electrons. The van der Waals surface area contributed by atoms with Crippen molar-refractivity contribution in [2.75, 3.05) is 20.3 Å². The van der Waals surface area contributed by atoms with Crippen molar-refractivity contribution in [1.82, 2.24) is 0 Å². The quantitative estimate of drug-likeness (QED) is 0.822. The first-order valence-corrected chi connectivity index (χ1v) is 5.22. The third-order valence-electron chi connectivity index (χ3n) is 2.89. The lowest BCUT2D eigenvalue weighted by Gasteiger charge is -2.19. The van der Waals surface area contributed by atoms with Crippen molar-refractivity contribution in [2.24, 2.45) is 5.92 Å². The summed E-state index contributed by atoms with van der Waals surface area (Å²) in [4.78, 5) is 0. The average Bonchev–Trinajstić information content (AvgIpc) is 2.76. The Kier molecular flexibility index (Phi) is 3.23. The van der Waals surface area contributed by atoms with Crippen LogP contribution >= 0.6 is 0 Å². The minimum atomic E-state index is -0.0221. The number of rotatable bonds is 3. The number of hydrogen-bond acceptors (Lipinski definition) is 3. The molecule has 0 aromatic heterocycles. The maximum absolute atomic E-state index is 9.24. The van der Waals surface area contributed by atoms with Crippen LogP contribution in [0.3, 0.4) is 0 Å². The largest absolute Gasteiger partial charge is 0.496 e. The summed E-state index contributed by atoms with van der Waals surface area (Å²) >= 11 is 0. The first-order valence-electron chi connectivity index (χ1n) is 5.22. The van der Waals surface area contributed by atoms with E-state index in [1.807, 2.05) is 24.3 Å². The normalized spacial score (nSPS) is 25.5. The van der Waals surface area contributed by atoms with Crippen LogP contribution in [-0.2, 0) is 4.74 Å². The summed E-state index contributed by atoms with van der Waals surface area (Å²) in [5.74, 6) is 1.03. The molecule has 1 aliphatic heterocycles. The first kappa shape index (κ1) is 10.5. The number of aliphatic hydroxyl groups excluding tert-OH is 1. The Bertz CT molecular complexity index is 324. The molecule has 0 aliphatic carbocycles. The van der Waals surface area contributed by atoms with Gasteiger partial charge in [-0.1, -0.05) is 18.2 Å². The van der Waals surface area contributed by atoms with Gasteiger partial charge >= 0.3 is 0 Å². The van der Waals surface area contributed by atoms with Crippen LogP contribution in [0.4, 0.5) is 0 Å². The van der Waals surface area contributed by atoms with E-state index in [0.717, 1.165) is 17.7 Å². The lowest BCUT2D eigenvalue weighted by molar-refractivity contribution is 0.0701. The maximum Gasteiger partial charge on any atom is 0.124 e. The van der Waals surface area contributed by atoms with Gasteiger partial charge in [-0.25, -0.2) is 0 Å². The Morgan fingerprint density at radius 1 is 1.47 bits per heavy atom. The molecule has 3 heteroatoms. The molecule has 0 radical (unpaired) electrons. The topological polar surface area (TPSA) is 38.7 Å². The maximum atomic E-state index is 9.24. The van der Waals surface area contributed by atoms with Crippen molar-refractivity contribution in [3.05, 3.63) is 29.8 Å². The van der Waals surface area contributed by atoms with Gasteiger partial charge in [0.2, 0.25) is 0 Å². The van der Waals surface area contributed by atoms with Crippen LogP contribution in [0.2, 0.25) is 0 Å². The molecule has 1 aromatic rings. The fraction of sp³-hybridized carbons (Fsp3) is 0.500. The molecule has 2 atom stereocenters. The molecule has 1 heterocycles. The molecular formula is C12H16O3. The Morgan fingerprint density at radius 2 is 2.27 bits per heavy atom. The monoisotopic (exact) mass is 208 g/mol. The number of aliphatic hydroxyl groups is 1. The van der Waals surface area contributed by atoms with Crippen molar-refractivity contribution in [3.8, 4) is 5.75 Å². The Hall–Kier alpha value is -1.06. The molecule has 15 heavy (non-hydrogen) atoms. The molecule has 1 aliphatic rings. The Balaban J connectivity index is 2.27. The van der Waals surface area contributed by atoms with E-state index < -0.39 is 0 Å². The van der Waals surface area contributed by atoms with Crippen molar-refractivity contribution in [3.63, 3.8) is 0 Å². The fourth-order valence-corrected chi connectivity index (χ4v) is 2.07. The van der Waals surface area contributed by atoms with Gasteiger partial charge in [-0.15, -0.1) is 0 Å². The predicted molar refractivity (Wildman–Crippen MR) is 56.9 cm³/mol. The van der Waals surface area contributed by atoms with E-state index in [1.165, 1.54) is 0 Å². The number of methoxy groups -OCH3 is 1. The highest BCUT2D eigenvalue weighted by Crippen LogP contribution is 2.38. The molecule has 2 rings (SSSR count). The van der Waals surface area contributed by atoms with Crippen LogP contribution in [-0.4, -0.2) is 25.4 Å². The Labute approximate surface area is 89.6 Å². The van der Waals surface area contributed by atoms with Crippen LogP contribution in [0, 0.1) is 5.92 Å². The van der Waals surface area contributed by atoms with E-state index >= 15 is 0 Å². The summed E-state index contributed by atoms with van der Waals surface area (Å²) in [6, 6.07) is 7.82. The van der Waals surface area contributed by atoms with Gasteiger partial charge in [-0.2, -0.15) is 0 Å². The highest BCUT2D eigenvalue weighted by Gasteiger charge is 2.30. The minimum Gasteiger partial charge on any atom is -0.496 e. The van der Waals surface area contributed by atoms with Gasteiger partial charge in [0.1, 0.15) is 5.75 Å². The zero-order valence-corrected chi connectivity index (χ0v) is 8.85. The van der Waals surface area contributed by atoms with Crippen LogP contribution in [0.25, 0.3) is 0 Å². The highest BCUT2D eigenvalue weighted by atomic mass is 16.5. The van der Waals surface area contributed by atoms with E-state index in [1.54, 1.807) is 7.11 Å². The summed E-state index contributed by atoms with van der Waals surface area (Å²) in [5.41, 5.74) is 1.04. The van der Waals surface area contributed by atoms with Gasteiger partial charge in [-0.05, 0) is 12.5 Å². The van der Waals surface area contributed by atoms with Gasteiger partial charge in [0.05, 0.1) is 13.2 Å². The molecule has 0 amide bonds. The summed E-state index contributed by atoms with van der Waals surface area (Å²) in [7, 11) is 1.65. The lowest BCUT2D eigenvalue weighted by Crippen LogP contribution is -2.12. The van der Waals surface area contributed by atoms with E-state index in [2.05, 4.69) is 0 Å². The second-order valence-corrected chi connectivity index (χ2v) is 3.76. The third-order valence-corrected chi connectivity index (χ3v) is 2.89. The summed E-state index contributed by atoms with van der Waals surface area (Å²) in [6.07, 6.45) is 0.894. The molecule has 1 aromatic carbocycles. The number of ether oxygens (including phenoxy) is 2. The van der Waals surface area contributed by atoms with Crippen LogP contribution in [0.5, 0.6) is 5.75 Å². The third kappa shape index (κ3) is 1.98. The van der Waals surface area contributed by atoms with Crippen LogP contribution in [0.1, 0.15) is 18.1 Å². The predicted octanol–water partition coefficient (Wildman–Crippen LogP) is 1.77. The van der Waals surface area contributed by atoms with Crippen molar-refractivity contribution < 1.29 is 14.6 Å². The van der Waals surface area contributed by atoms with Crippen LogP contribution in [0.15, 0.2) is 24.3 Å². The number of hydrogen-bond donors (Lipinski definition) is 1. The zero-order valence-electron chi connectivity index (χ0n) is 8.85. The van der Waals surface area contributed by atoms with Crippen molar-refractivity contribution >= 4 is 0 Å². The summed E-state index contributed by atoms with van der Waals surface area (Å²) in [6.45, 7) is 0.886. The Morgan fingerprint density at radius 3 is 3.00 bits per heavy atom. The van der Waals surface area contributed by atoms with Gasteiger partial charge < -0.3 is 14.6 Å². The molecule has 2 unspecified atom stereocenters. The minimum absolute atomic E-state index is 0.0221. The van der Waals surface area contributed by atoms with Gasteiger partial charge in [0, 0.05) is 24.7 Å². The standard InChI is InChI=1S/C12H16O3/c1-14-11-5-3-2-4-10(11)12-9(8-13)6-7-15-12/h2-5,9,12-13H,6-8H2,1H3. The summed E-state index contributed by atoms with van der Waals surface area (Å²) < 4.78 is 10.9. The van der Waals surface area contributed by atoms with Crippen molar-refractivity contribution in [1.29, 1.82) is 0 Å². The molecule has 1 saturated heterocycles. The van der Waals surface area contributed by atoms with E-state index in [9.17, 15) is 5.11 Å². The van der Waals surface area contributed by atoms with Gasteiger partial charge in [0.25, 0.3) is 0 Å². The molecule has 0 bridgehead atoms. The van der Waals surface area contributed by atoms with Crippen molar-refractivity contribution in [2.45, 2.75) is 12.5 Å². The zero-order chi connectivity index (χ0) is 10.7. The second kappa shape index (κ2) is 4.64. The molecule has 1 fully saturated rings. The van der Waals surface area contributed by atoms with Gasteiger partial charge in [0.15, 0.2) is 0 Å². The van der Waals surface area contributed by atoms with E-state index in [0.29, 0.717) is 6.61 Å². The fourth-order valence-electron chi connectivity index (χ4n) is 2.07. The molecule has 1 N–H and O–H groups in total. The van der Waals surface area contributed by atoms with Crippen LogP contribution < -0.4 is 4.74 Å². The van der Waals surface area contributed by atoms with Gasteiger partial charge in [-0.3, -0.25) is 0 Å². The smallest absolute Gasteiger partial charge is 0.124 e. The molecule has 3 nitrogen and oxygen atoms in total. The summed E-state index contributed by atoms with van der Waals surface area (Å²) in [5, 5.41) is 9.24. The molecule has 0 spiro atoms. The van der Waals surface area contributed by atoms with E-state index in [-0.39, 0.29) is 18.6 Å². The average molecular weight is 208 g/mol. The highest BCUT2D eigenvalue weighted by molar-refractivity contribution is 5.35. The lowest BCUT2D eigenvalue weighted by atomic mass is 9.95. The van der Waals surface area contributed by atoms with E-state index in [4.69, 9.17) is 9.47 Å². The first-order chi connectivity index (χ1) is 7.36.